The molecule has 4 N–H and O–H groups in total. The summed E-state index contributed by atoms with van der Waals surface area (Å²) in [5.41, 5.74) is 6.80. The zero-order chi connectivity index (χ0) is 22.6. The summed E-state index contributed by atoms with van der Waals surface area (Å²) < 4.78 is 31.0. The fourth-order valence-electron chi connectivity index (χ4n) is 3.08. The number of carbonyl (C=O) groups is 2. The van der Waals surface area contributed by atoms with Crippen LogP contribution in [0.4, 0.5) is 11.4 Å². The number of hydrogen-bond donors (Lipinski definition) is 3. The van der Waals surface area contributed by atoms with Crippen LogP contribution >= 0.6 is 0 Å². The van der Waals surface area contributed by atoms with E-state index in [0.29, 0.717) is 22.5 Å². The zero-order valence-electron chi connectivity index (χ0n) is 17.0. The van der Waals surface area contributed by atoms with Gasteiger partial charge in [0.05, 0.1) is 34.5 Å². The SMILES string of the molecule is COc1cccc(Nc2c(C(N)=O)cnc3c(S(=O)(=O)CCNC(C)=O)cccc23)c1. The van der Waals surface area contributed by atoms with Crippen molar-refractivity contribution in [2.24, 2.45) is 5.73 Å². The second kappa shape index (κ2) is 9.00. The predicted molar refractivity (Wildman–Crippen MR) is 117 cm³/mol. The molecule has 2 aromatic carbocycles. The van der Waals surface area contributed by atoms with E-state index < -0.39 is 15.7 Å². The van der Waals surface area contributed by atoms with Crippen LogP contribution in [-0.4, -0.2) is 44.6 Å². The Labute approximate surface area is 179 Å². The van der Waals surface area contributed by atoms with E-state index in [1.54, 1.807) is 36.4 Å². The lowest BCUT2D eigenvalue weighted by Crippen LogP contribution is -2.27. The summed E-state index contributed by atoms with van der Waals surface area (Å²) in [6.07, 6.45) is 1.25. The molecule has 0 atom stereocenters. The van der Waals surface area contributed by atoms with Crippen LogP contribution in [0, 0.1) is 0 Å². The number of aromatic nitrogens is 1. The van der Waals surface area contributed by atoms with Crippen LogP contribution in [-0.2, 0) is 14.6 Å². The molecule has 0 bridgehead atoms. The number of rotatable bonds is 8. The van der Waals surface area contributed by atoms with Crippen LogP contribution in [0.15, 0.2) is 53.6 Å². The normalized spacial score (nSPS) is 11.2. The summed E-state index contributed by atoms with van der Waals surface area (Å²) in [6, 6.07) is 11.7. The van der Waals surface area contributed by atoms with E-state index in [9.17, 15) is 18.0 Å². The Hall–Kier alpha value is -3.66. The first-order valence-corrected chi connectivity index (χ1v) is 11.0. The molecule has 0 aliphatic rings. The van der Waals surface area contributed by atoms with Crippen LogP contribution in [0.3, 0.4) is 0 Å². The second-order valence-electron chi connectivity index (χ2n) is 6.72. The number of benzene rings is 2. The van der Waals surface area contributed by atoms with Gasteiger partial charge in [-0.3, -0.25) is 14.6 Å². The fraction of sp³-hybridized carbons (Fsp3) is 0.190. The van der Waals surface area contributed by atoms with E-state index >= 15 is 0 Å². The number of fused-ring (bicyclic) bond motifs is 1. The molecule has 0 aliphatic carbocycles. The molecule has 3 aromatic rings. The van der Waals surface area contributed by atoms with Crippen molar-refractivity contribution in [3.63, 3.8) is 0 Å². The Morgan fingerprint density at radius 3 is 2.58 bits per heavy atom. The van der Waals surface area contributed by atoms with Crippen LogP contribution in [0.2, 0.25) is 0 Å². The van der Waals surface area contributed by atoms with Crippen LogP contribution in [0.25, 0.3) is 10.9 Å². The Morgan fingerprint density at radius 1 is 1.16 bits per heavy atom. The lowest BCUT2D eigenvalue weighted by molar-refractivity contribution is -0.118. The van der Waals surface area contributed by atoms with Gasteiger partial charge in [-0.25, -0.2) is 8.42 Å². The number of nitrogens with two attached hydrogens (primary N) is 1. The number of pyridine rings is 1. The highest BCUT2D eigenvalue weighted by atomic mass is 32.2. The second-order valence-corrected chi connectivity index (χ2v) is 8.80. The number of primary amides is 1. The van der Waals surface area contributed by atoms with Crippen molar-refractivity contribution in [1.29, 1.82) is 0 Å². The maximum absolute atomic E-state index is 12.9. The summed E-state index contributed by atoms with van der Waals surface area (Å²) >= 11 is 0. The fourth-order valence-corrected chi connectivity index (χ4v) is 4.42. The van der Waals surface area contributed by atoms with Gasteiger partial charge in [-0.1, -0.05) is 18.2 Å². The first kappa shape index (κ1) is 22.0. The third kappa shape index (κ3) is 4.92. The van der Waals surface area contributed by atoms with E-state index in [-0.39, 0.29) is 34.2 Å². The summed E-state index contributed by atoms with van der Waals surface area (Å²) in [7, 11) is -2.22. The Kier molecular flexibility index (Phi) is 6.40. The number of nitrogens with zero attached hydrogens (tertiary/aromatic N) is 1. The number of para-hydroxylation sites is 1. The number of nitrogens with one attached hydrogen (secondary N) is 2. The summed E-state index contributed by atoms with van der Waals surface area (Å²) in [5.74, 6) is -0.713. The largest absolute Gasteiger partial charge is 0.497 e. The summed E-state index contributed by atoms with van der Waals surface area (Å²) in [4.78, 5) is 27.3. The van der Waals surface area contributed by atoms with E-state index in [0.717, 1.165) is 0 Å². The highest BCUT2D eigenvalue weighted by molar-refractivity contribution is 7.91. The molecule has 162 valence electrons. The monoisotopic (exact) mass is 442 g/mol. The van der Waals surface area contributed by atoms with Crippen molar-refractivity contribution in [2.45, 2.75) is 11.8 Å². The topological polar surface area (TPSA) is 140 Å². The third-order valence-corrected chi connectivity index (χ3v) is 6.29. The molecule has 9 nitrogen and oxygen atoms in total. The minimum absolute atomic E-state index is 0.0000599. The lowest BCUT2D eigenvalue weighted by Gasteiger charge is -2.15. The molecule has 0 unspecified atom stereocenters. The van der Waals surface area contributed by atoms with Crippen molar-refractivity contribution in [1.82, 2.24) is 10.3 Å². The first-order chi connectivity index (χ1) is 14.7. The van der Waals surface area contributed by atoms with Crippen molar-refractivity contribution < 1.29 is 22.7 Å². The van der Waals surface area contributed by atoms with Crippen molar-refractivity contribution in [3.05, 3.63) is 54.2 Å². The van der Waals surface area contributed by atoms with Gasteiger partial charge in [-0.15, -0.1) is 0 Å². The number of anilines is 2. The van der Waals surface area contributed by atoms with Gasteiger partial charge >= 0.3 is 0 Å². The lowest BCUT2D eigenvalue weighted by atomic mass is 10.1. The molecule has 3 rings (SSSR count). The van der Waals surface area contributed by atoms with Gasteiger partial charge in [0.2, 0.25) is 5.91 Å². The van der Waals surface area contributed by atoms with E-state index in [2.05, 4.69) is 15.6 Å². The molecule has 1 heterocycles. The van der Waals surface area contributed by atoms with Gasteiger partial charge in [-0.2, -0.15) is 0 Å². The van der Waals surface area contributed by atoms with Crippen LogP contribution in [0.5, 0.6) is 5.75 Å². The average Bonchev–Trinajstić information content (AvgIpc) is 2.73. The third-order valence-electron chi connectivity index (χ3n) is 4.54. The van der Waals surface area contributed by atoms with E-state index in [1.165, 1.54) is 26.3 Å². The molecular weight excluding hydrogens is 420 g/mol. The van der Waals surface area contributed by atoms with E-state index in [1.807, 2.05) is 0 Å². The highest BCUT2D eigenvalue weighted by Gasteiger charge is 2.22. The molecule has 2 amide bonds. The molecule has 0 radical (unpaired) electrons. The number of hydrogen-bond acceptors (Lipinski definition) is 7. The minimum Gasteiger partial charge on any atom is -0.497 e. The van der Waals surface area contributed by atoms with Gasteiger partial charge < -0.3 is 21.1 Å². The van der Waals surface area contributed by atoms with Crippen molar-refractivity contribution >= 4 is 43.9 Å². The summed E-state index contributed by atoms with van der Waals surface area (Å²) in [5, 5.41) is 6.03. The maximum atomic E-state index is 12.9. The molecule has 0 spiro atoms. The Balaban J connectivity index is 2.12. The van der Waals surface area contributed by atoms with Crippen LogP contribution < -0.4 is 21.1 Å². The van der Waals surface area contributed by atoms with Gasteiger partial charge in [0, 0.05) is 36.8 Å². The quantitative estimate of drug-likeness (QED) is 0.484. The van der Waals surface area contributed by atoms with Crippen LogP contribution in [0.1, 0.15) is 17.3 Å². The Morgan fingerprint density at radius 2 is 1.90 bits per heavy atom. The standard InChI is InChI=1S/C21H22N4O5S/c1-13(26)23-9-10-31(28,29)18-8-4-7-16-19(17(21(22)27)12-24-20(16)18)25-14-5-3-6-15(11-14)30-2/h3-8,11-12H,9-10H2,1-2H3,(H2,22,27)(H,23,26)(H,24,25). The van der Waals surface area contributed by atoms with Crippen molar-refractivity contribution in [2.75, 3.05) is 24.7 Å². The number of sulfone groups is 1. The number of amides is 2. The molecule has 10 heteroatoms. The van der Waals surface area contributed by atoms with Gasteiger partial charge in [-0.05, 0) is 18.2 Å². The predicted octanol–water partition coefficient (Wildman–Crippen LogP) is 2.00. The molecule has 1 aromatic heterocycles. The average molecular weight is 442 g/mol. The first-order valence-electron chi connectivity index (χ1n) is 9.32. The molecule has 0 saturated carbocycles. The molecule has 0 fully saturated rings. The van der Waals surface area contributed by atoms with Gasteiger partial charge in [0.25, 0.3) is 5.91 Å². The number of carbonyl (C=O) groups excluding carboxylic acids is 2. The van der Waals surface area contributed by atoms with E-state index in [4.69, 9.17) is 10.5 Å². The molecular formula is C21H22N4O5S. The minimum atomic E-state index is -3.76. The highest BCUT2D eigenvalue weighted by Crippen LogP contribution is 2.33. The number of ether oxygens (including phenoxy) is 1. The molecule has 0 aliphatic heterocycles. The van der Waals surface area contributed by atoms with Gasteiger partial charge in [0.1, 0.15) is 5.75 Å². The summed E-state index contributed by atoms with van der Waals surface area (Å²) in [6.45, 7) is 1.29. The molecule has 0 saturated heterocycles. The maximum Gasteiger partial charge on any atom is 0.252 e. The number of methoxy groups -OCH3 is 1. The van der Waals surface area contributed by atoms with Gasteiger partial charge in [0.15, 0.2) is 9.84 Å². The van der Waals surface area contributed by atoms with Crippen molar-refractivity contribution in [3.8, 4) is 5.75 Å². The zero-order valence-corrected chi connectivity index (χ0v) is 17.8. The Bertz CT molecular complexity index is 1260. The molecule has 31 heavy (non-hydrogen) atoms. The smallest absolute Gasteiger partial charge is 0.252 e.